The normalized spacial score (nSPS) is 15.0. The number of pyridine rings is 1. The maximum atomic E-state index is 12.4. The Morgan fingerprint density at radius 2 is 1.93 bits per heavy atom. The standard InChI is InChI=1S/C21H24N4O3.2ClH/c22-20(15-8-11-27-12-9-15)21(26)24-16-4-6-18(7-5-16)28-14-17-13-25-10-2-1-3-19(25)23-17;;/h1-7,10,13,15,20H,8-9,11-12,14,22H2,(H,24,26);2*1H. The molecule has 9 heteroatoms. The van der Waals surface area contributed by atoms with Gasteiger partial charge in [0.25, 0.3) is 0 Å². The molecular formula is C21H26Cl2N4O3. The quantitative estimate of drug-likeness (QED) is 0.597. The maximum Gasteiger partial charge on any atom is 0.241 e. The van der Waals surface area contributed by atoms with Crippen LogP contribution in [-0.2, 0) is 16.1 Å². The molecule has 2 aromatic heterocycles. The number of nitrogens with zero attached hydrogens (tertiary/aromatic N) is 2. The van der Waals surface area contributed by atoms with E-state index < -0.39 is 6.04 Å². The van der Waals surface area contributed by atoms with E-state index >= 15 is 0 Å². The van der Waals surface area contributed by atoms with Crippen molar-refractivity contribution < 1.29 is 14.3 Å². The zero-order chi connectivity index (χ0) is 19.3. The number of amides is 1. The summed E-state index contributed by atoms with van der Waals surface area (Å²) in [5, 5.41) is 2.88. The number of imidazole rings is 1. The van der Waals surface area contributed by atoms with Crippen molar-refractivity contribution in [2.24, 2.45) is 11.7 Å². The molecule has 1 aliphatic rings. The first-order valence-electron chi connectivity index (χ1n) is 9.49. The molecule has 3 N–H and O–H groups in total. The van der Waals surface area contributed by atoms with Gasteiger partial charge in [0, 0.05) is 31.3 Å². The van der Waals surface area contributed by atoms with Gasteiger partial charge in [0.1, 0.15) is 18.0 Å². The number of halogens is 2. The number of hydrogen-bond donors (Lipinski definition) is 2. The van der Waals surface area contributed by atoms with Crippen molar-refractivity contribution in [3.05, 3.63) is 60.6 Å². The van der Waals surface area contributed by atoms with Crippen molar-refractivity contribution in [3.63, 3.8) is 0 Å². The fourth-order valence-corrected chi connectivity index (χ4v) is 3.36. The number of fused-ring (bicyclic) bond motifs is 1. The van der Waals surface area contributed by atoms with Crippen molar-refractivity contribution in [3.8, 4) is 5.75 Å². The molecule has 1 atom stereocenters. The van der Waals surface area contributed by atoms with Crippen LogP contribution in [0, 0.1) is 5.92 Å². The number of aromatic nitrogens is 2. The Morgan fingerprint density at radius 3 is 2.63 bits per heavy atom. The van der Waals surface area contributed by atoms with Crippen molar-refractivity contribution in [1.82, 2.24) is 9.38 Å². The summed E-state index contributed by atoms with van der Waals surface area (Å²) in [6.45, 7) is 1.72. The van der Waals surface area contributed by atoms with Crippen molar-refractivity contribution in [2.45, 2.75) is 25.5 Å². The molecule has 1 unspecified atom stereocenters. The average Bonchev–Trinajstić information content (AvgIpc) is 3.16. The zero-order valence-electron chi connectivity index (χ0n) is 16.4. The van der Waals surface area contributed by atoms with Gasteiger partial charge in [-0.1, -0.05) is 6.07 Å². The first kappa shape index (κ1) is 24.0. The topological polar surface area (TPSA) is 90.9 Å². The van der Waals surface area contributed by atoms with Crippen molar-refractivity contribution >= 4 is 42.1 Å². The molecular weight excluding hydrogens is 427 g/mol. The minimum absolute atomic E-state index is 0. The smallest absolute Gasteiger partial charge is 0.241 e. The second-order valence-corrected chi connectivity index (χ2v) is 6.98. The summed E-state index contributed by atoms with van der Waals surface area (Å²) in [6.07, 6.45) is 5.55. The van der Waals surface area contributed by atoms with E-state index in [1.165, 1.54) is 0 Å². The molecule has 0 aliphatic carbocycles. The van der Waals surface area contributed by atoms with Crippen molar-refractivity contribution in [1.29, 1.82) is 0 Å². The van der Waals surface area contributed by atoms with Crippen LogP contribution in [0.3, 0.4) is 0 Å². The number of benzene rings is 1. The van der Waals surface area contributed by atoms with Gasteiger partial charge in [-0.05, 0) is 55.2 Å². The average molecular weight is 453 g/mol. The first-order valence-corrected chi connectivity index (χ1v) is 9.49. The second kappa shape index (κ2) is 11.2. The molecule has 0 radical (unpaired) electrons. The van der Waals surface area contributed by atoms with E-state index in [1.807, 2.05) is 59.3 Å². The highest BCUT2D eigenvalue weighted by Gasteiger charge is 2.26. The molecule has 3 heterocycles. The summed E-state index contributed by atoms with van der Waals surface area (Å²) >= 11 is 0. The molecule has 7 nitrogen and oxygen atoms in total. The third kappa shape index (κ3) is 5.86. The molecule has 162 valence electrons. The lowest BCUT2D eigenvalue weighted by molar-refractivity contribution is -0.119. The molecule has 0 spiro atoms. The van der Waals surface area contributed by atoms with E-state index in [1.54, 1.807) is 0 Å². The Hall–Kier alpha value is -2.32. The molecule has 1 aliphatic heterocycles. The van der Waals surface area contributed by atoms with Gasteiger partial charge in [-0.2, -0.15) is 0 Å². The highest BCUT2D eigenvalue weighted by atomic mass is 35.5. The Balaban J connectivity index is 0.00000160. The molecule has 4 rings (SSSR count). The number of ether oxygens (including phenoxy) is 2. The van der Waals surface area contributed by atoms with Gasteiger partial charge >= 0.3 is 0 Å². The third-order valence-corrected chi connectivity index (χ3v) is 5.00. The highest BCUT2D eigenvalue weighted by molar-refractivity contribution is 5.94. The summed E-state index contributed by atoms with van der Waals surface area (Å²) < 4.78 is 13.1. The fraction of sp³-hybridized carbons (Fsp3) is 0.333. The van der Waals surface area contributed by atoms with Crippen LogP contribution in [0.5, 0.6) is 5.75 Å². The fourth-order valence-electron chi connectivity index (χ4n) is 3.36. The monoisotopic (exact) mass is 452 g/mol. The molecule has 1 aromatic carbocycles. The molecule has 0 bridgehead atoms. The summed E-state index contributed by atoms with van der Waals surface area (Å²) in [5.74, 6) is 0.718. The van der Waals surface area contributed by atoms with Crippen LogP contribution in [-0.4, -0.2) is 34.5 Å². The minimum Gasteiger partial charge on any atom is -0.487 e. The summed E-state index contributed by atoms with van der Waals surface area (Å²) in [6, 6.07) is 12.6. The molecule has 1 saturated heterocycles. The van der Waals surface area contributed by atoms with Crippen LogP contribution in [0.2, 0.25) is 0 Å². The van der Waals surface area contributed by atoms with E-state index in [9.17, 15) is 4.79 Å². The minimum atomic E-state index is -0.519. The van der Waals surface area contributed by atoms with E-state index in [2.05, 4.69) is 10.3 Å². The summed E-state index contributed by atoms with van der Waals surface area (Å²) in [4.78, 5) is 16.9. The van der Waals surface area contributed by atoms with Crippen LogP contribution in [0.15, 0.2) is 54.9 Å². The largest absolute Gasteiger partial charge is 0.487 e. The van der Waals surface area contributed by atoms with Gasteiger partial charge in [0.05, 0.1) is 11.7 Å². The number of nitrogens with one attached hydrogen (secondary N) is 1. The van der Waals surface area contributed by atoms with E-state index in [0.717, 1.165) is 24.2 Å². The number of rotatable bonds is 6. The highest BCUT2D eigenvalue weighted by Crippen LogP contribution is 2.20. The molecule has 0 saturated carbocycles. The van der Waals surface area contributed by atoms with Gasteiger partial charge in [0.2, 0.25) is 5.91 Å². The lowest BCUT2D eigenvalue weighted by Crippen LogP contribution is -2.43. The van der Waals surface area contributed by atoms with Gasteiger partial charge in [-0.25, -0.2) is 4.98 Å². The summed E-state index contributed by atoms with van der Waals surface area (Å²) in [7, 11) is 0. The van der Waals surface area contributed by atoms with E-state index in [4.69, 9.17) is 15.2 Å². The Morgan fingerprint density at radius 1 is 1.20 bits per heavy atom. The predicted molar refractivity (Wildman–Crippen MR) is 121 cm³/mol. The predicted octanol–water partition coefficient (Wildman–Crippen LogP) is 3.45. The lowest BCUT2D eigenvalue weighted by Gasteiger charge is -2.26. The zero-order valence-corrected chi connectivity index (χ0v) is 18.0. The number of hydrogen-bond acceptors (Lipinski definition) is 5. The van der Waals surface area contributed by atoms with Crippen LogP contribution in [0.4, 0.5) is 5.69 Å². The number of carbonyl (C=O) groups excluding carboxylic acids is 1. The SMILES string of the molecule is Cl.Cl.NC(C(=O)Nc1ccc(OCc2cn3ccccc3n2)cc1)C1CCOCC1. The second-order valence-electron chi connectivity index (χ2n) is 6.98. The van der Waals surface area contributed by atoms with Crippen LogP contribution >= 0.6 is 24.8 Å². The first-order chi connectivity index (χ1) is 13.7. The third-order valence-electron chi connectivity index (χ3n) is 5.00. The van der Waals surface area contributed by atoms with Gasteiger partial charge < -0.3 is 24.9 Å². The van der Waals surface area contributed by atoms with Gasteiger partial charge in [-0.3, -0.25) is 4.79 Å². The Kier molecular flexibility index (Phi) is 8.92. The maximum absolute atomic E-state index is 12.4. The molecule has 3 aromatic rings. The Bertz CT molecular complexity index is 910. The lowest BCUT2D eigenvalue weighted by atomic mass is 9.92. The number of carbonyl (C=O) groups is 1. The number of anilines is 1. The summed E-state index contributed by atoms with van der Waals surface area (Å²) in [5.41, 5.74) is 8.56. The van der Waals surface area contributed by atoms with Crippen molar-refractivity contribution in [2.75, 3.05) is 18.5 Å². The van der Waals surface area contributed by atoms with E-state index in [0.29, 0.717) is 31.3 Å². The van der Waals surface area contributed by atoms with Crippen LogP contribution < -0.4 is 15.8 Å². The Labute approximate surface area is 187 Å². The van der Waals surface area contributed by atoms with Crippen LogP contribution in [0.1, 0.15) is 18.5 Å². The molecule has 1 amide bonds. The molecule has 30 heavy (non-hydrogen) atoms. The van der Waals surface area contributed by atoms with Gasteiger partial charge in [0.15, 0.2) is 0 Å². The van der Waals surface area contributed by atoms with E-state index in [-0.39, 0.29) is 36.6 Å². The molecule has 1 fully saturated rings. The number of nitrogens with two attached hydrogens (primary N) is 1. The van der Waals surface area contributed by atoms with Gasteiger partial charge in [-0.15, -0.1) is 24.8 Å². The van der Waals surface area contributed by atoms with Crippen LogP contribution in [0.25, 0.3) is 5.65 Å².